The Kier molecular flexibility index (Phi) is 5.04. The van der Waals surface area contributed by atoms with E-state index in [-0.39, 0.29) is 0 Å². The van der Waals surface area contributed by atoms with Crippen molar-refractivity contribution in [3.8, 4) is 0 Å². The summed E-state index contributed by atoms with van der Waals surface area (Å²) >= 11 is 0. The highest BCUT2D eigenvalue weighted by atomic mass is 16.5. The number of aryl methyl sites for hydroxylation is 1. The summed E-state index contributed by atoms with van der Waals surface area (Å²) in [5, 5.41) is 0. The van der Waals surface area contributed by atoms with Crippen molar-refractivity contribution in [1.82, 2.24) is 9.13 Å². The first-order valence-electron chi connectivity index (χ1n) is 8.58. The number of aliphatic imine (C=N–C) groups is 1. The minimum atomic E-state index is 0.810. The number of nitrogens with zero attached hydrogens (tertiary/aromatic N) is 3. The second kappa shape index (κ2) is 7.39. The summed E-state index contributed by atoms with van der Waals surface area (Å²) in [7, 11) is 1.70. The Morgan fingerprint density at radius 2 is 1.96 bits per heavy atom. The van der Waals surface area contributed by atoms with Crippen LogP contribution in [0.2, 0.25) is 0 Å². The molecule has 0 atom stereocenters. The molecule has 0 radical (unpaired) electrons. The quantitative estimate of drug-likeness (QED) is 0.678. The van der Waals surface area contributed by atoms with E-state index in [1.165, 1.54) is 30.7 Å². The van der Waals surface area contributed by atoms with Gasteiger partial charge in [-0.2, -0.15) is 0 Å². The first-order chi connectivity index (χ1) is 11.7. The SMILES string of the molecule is CCCCCn1c(C)ccc1C=C1N=CC(n2cccc2)=C1OC. The van der Waals surface area contributed by atoms with E-state index in [4.69, 9.17) is 4.74 Å². The van der Waals surface area contributed by atoms with Crippen LogP contribution in [0, 0.1) is 6.92 Å². The molecule has 3 rings (SSSR count). The van der Waals surface area contributed by atoms with Crippen LogP contribution in [0.25, 0.3) is 11.8 Å². The second-order valence-electron chi connectivity index (χ2n) is 6.05. The lowest BCUT2D eigenvalue weighted by Gasteiger charge is -2.10. The summed E-state index contributed by atoms with van der Waals surface area (Å²) in [6, 6.07) is 8.32. The largest absolute Gasteiger partial charge is 0.492 e. The maximum absolute atomic E-state index is 5.63. The fraction of sp³-hybridized carbons (Fsp3) is 0.350. The molecule has 1 aliphatic rings. The van der Waals surface area contributed by atoms with Gasteiger partial charge >= 0.3 is 0 Å². The van der Waals surface area contributed by atoms with Gasteiger partial charge in [0.25, 0.3) is 0 Å². The zero-order valence-electron chi connectivity index (χ0n) is 14.7. The van der Waals surface area contributed by atoms with Crippen LogP contribution in [-0.2, 0) is 11.3 Å². The third-order valence-electron chi connectivity index (χ3n) is 4.38. The highest BCUT2D eigenvalue weighted by Crippen LogP contribution is 2.28. The van der Waals surface area contributed by atoms with Crippen molar-refractivity contribution in [1.29, 1.82) is 0 Å². The van der Waals surface area contributed by atoms with Gasteiger partial charge in [-0.25, -0.2) is 0 Å². The lowest BCUT2D eigenvalue weighted by atomic mass is 10.2. The Morgan fingerprint density at radius 3 is 2.67 bits per heavy atom. The maximum Gasteiger partial charge on any atom is 0.170 e. The van der Waals surface area contributed by atoms with E-state index in [1.54, 1.807) is 7.11 Å². The van der Waals surface area contributed by atoms with Gasteiger partial charge in [0, 0.05) is 30.3 Å². The summed E-state index contributed by atoms with van der Waals surface area (Å²) in [6.07, 6.45) is 11.7. The highest BCUT2D eigenvalue weighted by Gasteiger charge is 2.18. The molecule has 0 saturated carbocycles. The maximum atomic E-state index is 5.63. The van der Waals surface area contributed by atoms with E-state index >= 15 is 0 Å². The number of rotatable bonds is 7. The van der Waals surface area contributed by atoms with Crippen LogP contribution in [0.4, 0.5) is 0 Å². The van der Waals surface area contributed by atoms with Crippen LogP contribution in [0.3, 0.4) is 0 Å². The first kappa shape index (κ1) is 16.4. The predicted octanol–water partition coefficient (Wildman–Crippen LogP) is 4.73. The van der Waals surface area contributed by atoms with Crippen molar-refractivity contribution in [3.05, 3.63) is 59.5 Å². The fourth-order valence-corrected chi connectivity index (χ4v) is 3.05. The van der Waals surface area contributed by atoms with Gasteiger partial charge in [-0.1, -0.05) is 19.8 Å². The molecule has 24 heavy (non-hydrogen) atoms. The van der Waals surface area contributed by atoms with Crippen LogP contribution >= 0.6 is 0 Å². The normalized spacial score (nSPS) is 15.7. The Balaban J connectivity index is 1.91. The molecule has 0 bridgehead atoms. The molecule has 0 unspecified atom stereocenters. The number of unbranched alkanes of at least 4 members (excludes halogenated alkanes) is 2. The van der Waals surface area contributed by atoms with E-state index in [2.05, 4.69) is 41.6 Å². The van der Waals surface area contributed by atoms with E-state index in [0.717, 1.165) is 23.7 Å². The van der Waals surface area contributed by atoms with Crippen molar-refractivity contribution >= 4 is 18.0 Å². The van der Waals surface area contributed by atoms with Gasteiger partial charge in [0.2, 0.25) is 0 Å². The number of hydrogen-bond acceptors (Lipinski definition) is 2. The topological polar surface area (TPSA) is 31.4 Å². The summed E-state index contributed by atoms with van der Waals surface area (Å²) in [6.45, 7) is 5.44. The molecule has 0 aliphatic carbocycles. The third kappa shape index (κ3) is 3.23. The monoisotopic (exact) mass is 323 g/mol. The number of ether oxygens (including phenoxy) is 1. The molecule has 3 heterocycles. The van der Waals surface area contributed by atoms with Crippen molar-refractivity contribution in [2.24, 2.45) is 4.99 Å². The van der Waals surface area contributed by atoms with Gasteiger partial charge in [-0.05, 0) is 43.7 Å². The molecule has 0 saturated heterocycles. The van der Waals surface area contributed by atoms with Gasteiger partial charge in [0.1, 0.15) is 11.4 Å². The molecule has 4 heteroatoms. The van der Waals surface area contributed by atoms with Crippen LogP contribution in [-0.4, -0.2) is 22.5 Å². The average Bonchev–Trinajstić information content (AvgIpc) is 3.30. The van der Waals surface area contributed by atoms with E-state index in [1.807, 2.05) is 35.3 Å². The third-order valence-corrected chi connectivity index (χ3v) is 4.38. The van der Waals surface area contributed by atoms with Crippen LogP contribution < -0.4 is 0 Å². The van der Waals surface area contributed by atoms with Crippen molar-refractivity contribution in [3.63, 3.8) is 0 Å². The van der Waals surface area contributed by atoms with Gasteiger partial charge in [0.15, 0.2) is 5.76 Å². The molecule has 0 N–H and O–H groups in total. The Labute approximate surface area is 143 Å². The van der Waals surface area contributed by atoms with Crippen molar-refractivity contribution in [2.75, 3.05) is 7.11 Å². The van der Waals surface area contributed by atoms with Crippen molar-refractivity contribution in [2.45, 2.75) is 39.7 Å². The standard InChI is InChI=1S/C20H25N3O/c1-4-5-6-13-23-16(2)9-10-17(23)14-18-20(24-3)19(15-21-18)22-11-7-8-12-22/h7-12,14-15H,4-6,13H2,1-3H3. The molecular weight excluding hydrogens is 298 g/mol. The number of hydrogen-bond donors (Lipinski definition) is 0. The van der Waals surface area contributed by atoms with Gasteiger partial charge < -0.3 is 13.9 Å². The van der Waals surface area contributed by atoms with Crippen LogP contribution in [0.5, 0.6) is 0 Å². The Hall–Kier alpha value is -2.49. The molecular formula is C20H25N3O. The van der Waals surface area contributed by atoms with Crippen molar-refractivity contribution < 1.29 is 4.74 Å². The molecule has 0 aromatic carbocycles. The lowest BCUT2D eigenvalue weighted by molar-refractivity contribution is 0.303. The molecule has 0 amide bonds. The van der Waals surface area contributed by atoms with E-state index < -0.39 is 0 Å². The minimum Gasteiger partial charge on any atom is -0.492 e. The van der Waals surface area contributed by atoms with E-state index in [0.29, 0.717) is 0 Å². The fourth-order valence-electron chi connectivity index (χ4n) is 3.05. The van der Waals surface area contributed by atoms with Gasteiger partial charge in [-0.3, -0.25) is 4.99 Å². The van der Waals surface area contributed by atoms with Gasteiger partial charge in [0.05, 0.1) is 13.3 Å². The Morgan fingerprint density at radius 1 is 1.17 bits per heavy atom. The first-order valence-corrected chi connectivity index (χ1v) is 8.58. The summed E-state index contributed by atoms with van der Waals surface area (Å²) in [4.78, 5) is 4.57. The number of aromatic nitrogens is 2. The lowest BCUT2D eigenvalue weighted by Crippen LogP contribution is -2.03. The molecule has 4 nitrogen and oxygen atoms in total. The minimum absolute atomic E-state index is 0.810. The molecule has 2 aromatic heterocycles. The number of methoxy groups -OCH3 is 1. The summed E-state index contributed by atoms with van der Waals surface area (Å²) < 4.78 is 10.0. The van der Waals surface area contributed by atoms with Crippen LogP contribution in [0.15, 0.2) is 53.1 Å². The zero-order valence-corrected chi connectivity index (χ0v) is 14.7. The predicted molar refractivity (Wildman–Crippen MR) is 99.8 cm³/mol. The molecule has 0 fully saturated rings. The molecule has 0 spiro atoms. The van der Waals surface area contributed by atoms with Crippen LogP contribution in [0.1, 0.15) is 37.6 Å². The Bertz CT molecular complexity index is 776. The molecule has 1 aliphatic heterocycles. The molecule has 2 aromatic rings. The van der Waals surface area contributed by atoms with Gasteiger partial charge in [-0.15, -0.1) is 0 Å². The number of allylic oxidation sites excluding steroid dienone is 1. The summed E-state index contributed by atoms with van der Waals surface area (Å²) in [5.41, 5.74) is 4.30. The second-order valence-corrected chi connectivity index (χ2v) is 6.05. The zero-order chi connectivity index (χ0) is 16.9. The molecule has 126 valence electrons. The summed E-state index contributed by atoms with van der Waals surface area (Å²) in [5.74, 6) is 0.810. The smallest absolute Gasteiger partial charge is 0.170 e. The average molecular weight is 323 g/mol. The van der Waals surface area contributed by atoms with E-state index in [9.17, 15) is 0 Å². The highest BCUT2D eigenvalue weighted by molar-refractivity contribution is 6.08.